The molecule has 3 nitrogen and oxygen atoms in total. The van der Waals surface area contributed by atoms with Crippen LogP contribution in [-0.2, 0) is 0 Å². The molecule has 1 heterocycles. The van der Waals surface area contributed by atoms with Gasteiger partial charge in [0, 0.05) is 18.0 Å². The summed E-state index contributed by atoms with van der Waals surface area (Å²) < 4.78 is 5.46. The van der Waals surface area contributed by atoms with Crippen molar-refractivity contribution >= 4 is 17.9 Å². The van der Waals surface area contributed by atoms with Gasteiger partial charge in [-0.15, -0.1) is 11.8 Å². The molecule has 0 atom stereocenters. The highest BCUT2D eigenvalue weighted by molar-refractivity contribution is 7.99. The molecule has 4 heteroatoms. The van der Waals surface area contributed by atoms with Gasteiger partial charge >= 0.3 is 6.09 Å². The van der Waals surface area contributed by atoms with Gasteiger partial charge in [0.25, 0.3) is 0 Å². The lowest BCUT2D eigenvalue weighted by Crippen LogP contribution is -2.37. The van der Waals surface area contributed by atoms with Gasteiger partial charge < -0.3 is 9.64 Å². The van der Waals surface area contributed by atoms with E-state index in [4.69, 9.17) is 4.74 Å². The highest BCUT2D eigenvalue weighted by atomic mass is 32.2. The zero-order chi connectivity index (χ0) is 16.3. The van der Waals surface area contributed by atoms with Gasteiger partial charge in [-0.2, -0.15) is 0 Å². The van der Waals surface area contributed by atoms with Crippen molar-refractivity contribution in [3.8, 4) is 5.75 Å². The van der Waals surface area contributed by atoms with E-state index < -0.39 is 0 Å². The second-order valence-corrected chi connectivity index (χ2v) is 7.32. The van der Waals surface area contributed by atoms with E-state index in [0.29, 0.717) is 5.75 Å². The number of amides is 1. The van der Waals surface area contributed by atoms with Crippen LogP contribution in [0.3, 0.4) is 0 Å². The van der Waals surface area contributed by atoms with E-state index in [9.17, 15) is 4.79 Å². The van der Waals surface area contributed by atoms with Crippen LogP contribution in [0.5, 0.6) is 5.75 Å². The Bertz CT molecular complexity index is 455. The van der Waals surface area contributed by atoms with E-state index in [1.165, 1.54) is 43.4 Å². The summed E-state index contributed by atoms with van der Waals surface area (Å²) in [6.07, 6.45) is 9.78. The minimum Gasteiger partial charge on any atom is -0.410 e. The molecule has 0 aliphatic carbocycles. The molecule has 0 spiro atoms. The second-order valence-electron chi connectivity index (χ2n) is 6.15. The number of unbranched alkanes of at least 4 members (excludes halogenated alkanes) is 4. The molecule has 2 rings (SSSR count). The number of thioether (sulfide) groups is 1. The van der Waals surface area contributed by atoms with Crippen LogP contribution in [0.25, 0.3) is 0 Å². The predicted octanol–water partition coefficient (Wildman–Crippen LogP) is 5.73. The predicted molar refractivity (Wildman–Crippen MR) is 97.4 cm³/mol. The van der Waals surface area contributed by atoms with Gasteiger partial charge in [-0.1, -0.05) is 32.6 Å². The summed E-state index contributed by atoms with van der Waals surface area (Å²) in [5, 5.41) is 0. The first-order valence-corrected chi connectivity index (χ1v) is 9.98. The lowest BCUT2D eigenvalue weighted by atomic mass is 10.1. The highest BCUT2D eigenvalue weighted by Crippen LogP contribution is 2.23. The van der Waals surface area contributed by atoms with Crippen LogP contribution >= 0.6 is 11.8 Å². The topological polar surface area (TPSA) is 29.5 Å². The molecular weight excluding hydrogens is 306 g/mol. The lowest BCUT2D eigenvalue weighted by molar-refractivity contribution is 0.142. The SMILES string of the molecule is CCCCCCCSc1ccc(OC(=O)N2CCCCC2)cc1. The van der Waals surface area contributed by atoms with Crippen molar-refractivity contribution in [3.05, 3.63) is 24.3 Å². The number of hydrogen-bond acceptors (Lipinski definition) is 3. The standard InChI is InChI=1S/C19H29NO2S/c1-2-3-4-5-9-16-23-18-12-10-17(11-13-18)22-19(21)20-14-7-6-8-15-20/h10-13H,2-9,14-16H2,1H3. The maximum absolute atomic E-state index is 12.0. The summed E-state index contributed by atoms with van der Waals surface area (Å²) in [6, 6.07) is 7.91. The van der Waals surface area contributed by atoms with E-state index in [1.807, 2.05) is 28.8 Å². The summed E-state index contributed by atoms with van der Waals surface area (Å²) in [5.74, 6) is 1.81. The smallest absolute Gasteiger partial charge is 0.410 e. The fourth-order valence-electron chi connectivity index (χ4n) is 2.74. The Balaban J connectivity index is 1.68. The molecule has 0 N–H and O–H groups in total. The largest absolute Gasteiger partial charge is 0.415 e. The fraction of sp³-hybridized carbons (Fsp3) is 0.632. The van der Waals surface area contributed by atoms with Gasteiger partial charge in [-0.05, 0) is 55.7 Å². The van der Waals surface area contributed by atoms with Crippen LogP contribution in [-0.4, -0.2) is 29.8 Å². The maximum Gasteiger partial charge on any atom is 0.415 e. The van der Waals surface area contributed by atoms with Crippen molar-refractivity contribution in [1.29, 1.82) is 0 Å². The van der Waals surface area contributed by atoms with Crippen molar-refractivity contribution < 1.29 is 9.53 Å². The van der Waals surface area contributed by atoms with Gasteiger partial charge in [0.2, 0.25) is 0 Å². The van der Waals surface area contributed by atoms with E-state index >= 15 is 0 Å². The number of benzene rings is 1. The Hall–Kier alpha value is -1.16. The Morgan fingerprint density at radius 3 is 2.43 bits per heavy atom. The molecule has 0 saturated carbocycles. The Morgan fingerprint density at radius 2 is 1.74 bits per heavy atom. The fourth-order valence-corrected chi connectivity index (χ4v) is 3.65. The summed E-state index contributed by atoms with van der Waals surface area (Å²) in [7, 11) is 0. The molecule has 23 heavy (non-hydrogen) atoms. The number of rotatable bonds is 8. The first-order valence-electron chi connectivity index (χ1n) is 8.99. The van der Waals surface area contributed by atoms with Crippen LogP contribution in [0, 0.1) is 0 Å². The Kier molecular flexibility index (Phi) is 8.37. The third kappa shape index (κ3) is 6.86. The first kappa shape index (κ1) is 18.2. The average Bonchev–Trinajstić information content (AvgIpc) is 2.60. The van der Waals surface area contributed by atoms with Gasteiger partial charge in [0.05, 0.1) is 0 Å². The minimum absolute atomic E-state index is 0.207. The highest BCUT2D eigenvalue weighted by Gasteiger charge is 2.18. The molecule has 1 saturated heterocycles. The lowest BCUT2D eigenvalue weighted by Gasteiger charge is -2.25. The second kappa shape index (κ2) is 10.6. The number of piperidine rings is 1. The molecule has 1 aliphatic heterocycles. The van der Waals surface area contributed by atoms with Crippen molar-refractivity contribution in [2.24, 2.45) is 0 Å². The van der Waals surface area contributed by atoms with Crippen molar-refractivity contribution in [3.63, 3.8) is 0 Å². The molecule has 0 unspecified atom stereocenters. The van der Waals surface area contributed by atoms with Gasteiger partial charge in [-0.3, -0.25) is 0 Å². The normalized spacial score (nSPS) is 14.7. The molecule has 0 radical (unpaired) electrons. The first-order chi connectivity index (χ1) is 11.3. The van der Waals surface area contributed by atoms with E-state index in [-0.39, 0.29) is 6.09 Å². The van der Waals surface area contributed by atoms with Crippen LogP contribution in [0.4, 0.5) is 4.79 Å². The van der Waals surface area contributed by atoms with Crippen LogP contribution < -0.4 is 4.74 Å². The number of hydrogen-bond donors (Lipinski definition) is 0. The van der Waals surface area contributed by atoms with Gasteiger partial charge in [0.1, 0.15) is 5.75 Å². The van der Waals surface area contributed by atoms with Crippen molar-refractivity contribution in [1.82, 2.24) is 4.90 Å². The molecule has 0 aromatic heterocycles. The molecule has 1 aliphatic rings. The van der Waals surface area contributed by atoms with Gasteiger partial charge in [-0.25, -0.2) is 4.79 Å². The van der Waals surface area contributed by atoms with Crippen molar-refractivity contribution in [2.45, 2.75) is 63.2 Å². The molecule has 1 aromatic rings. The number of nitrogens with zero attached hydrogens (tertiary/aromatic N) is 1. The van der Waals surface area contributed by atoms with E-state index in [2.05, 4.69) is 19.1 Å². The molecule has 128 valence electrons. The maximum atomic E-state index is 12.0. The van der Waals surface area contributed by atoms with E-state index in [1.54, 1.807) is 0 Å². The number of carbonyl (C=O) groups excluding carboxylic acids is 1. The molecule has 0 bridgehead atoms. The number of ether oxygens (including phenoxy) is 1. The van der Waals surface area contributed by atoms with Crippen LogP contribution in [0.1, 0.15) is 58.3 Å². The quantitative estimate of drug-likeness (QED) is 0.448. The summed E-state index contributed by atoms with van der Waals surface area (Å²) in [4.78, 5) is 15.1. The number of likely N-dealkylation sites (tertiary alicyclic amines) is 1. The molecule has 1 amide bonds. The Labute approximate surface area is 144 Å². The van der Waals surface area contributed by atoms with E-state index in [0.717, 1.165) is 31.7 Å². The third-order valence-electron chi connectivity index (χ3n) is 4.16. The van der Waals surface area contributed by atoms with Crippen LogP contribution in [0.15, 0.2) is 29.2 Å². The monoisotopic (exact) mass is 335 g/mol. The molecule has 1 fully saturated rings. The third-order valence-corrected chi connectivity index (χ3v) is 5.26. The summed E-state index contributed by atoms with van der Waals surface area (Å²) in [6.45, 7) is 3.89. The molecular formula is C19H29NO2S. The Morgan fingerprint density at radius 1 is 1.04 bits per heavy atom. The average molecular weight is 336 g/mol. The van der Waals surface area contributed by atoms with Crippen LogP contribution in [0.2, 0.25) is 0 Å². The van der Waals surface area contributed by atoms with Crippen molar-refractivity contribution in [2.75, 3.05) is 18.8 Å². The van der Waals surface area contributed by atoms with Gasteiger partial charge in [0.15, 0.2) is 0 Å². The zero-order valence-electron chi connectivity index (χ0n) is 14.3. The molecule has 1 aromatic carbocycles. The summed E-state index contributed by atoms with van der Waals surface area (Å²) >= 11 is 1.88. The number of carbonyl (C=O) groups is 1. The summed E-state index contributed by atoms with van der Waals surface area (Å²) in [5.41, 5.74) is 0. The minimum atomic E-state index is -0.207. The zero-order valence-corrected chi connectivity index (χ0v) is 15.1.